The molecule has 10 heteroatoms. The number of nitrogens with one attached hydrogen (secondary N) is 1. The Morgan fingerprint density at radius 3 is 2.60 bits per heavy atom. The Morgan fingerprint density at radius 2 is 1.97 bits per heavy atom. The predicted molar refractivity (Wildman–Crippen MR) is 130 cm³/mol. The molecule has 0 bridgehead atoms. The first-order valence-electron chi connectivity index (χ1n) is 12.0. The maximum Gasteiger partial charge on any atom is 0.333 e. The van der Waals surface area contributed by atoms with Gasteiger partial charge in [-0.1, -0.05) is 6.92 Å². The van der Waals surface area contributed by atoms with Gasteiger partial charge < -0.3 is 4.98 Å². The number of amides is 1. The Kier molecular flexibility index (Phi) is 5.09. The highest BCUT2D eigenvalue weighted by molar-refractivity contribution is 6.06. The first kappa shape index (κ1) is 21.5. The zero-order valence-corrected chi connectivity index (χ0v) is 19.3. The number of aromatic amines is 1. The third kappa shape index (κ3) is 3.74. The van der Waals surface area contributed by atoms with Crippen LogP contribution in [0.15, 0.2) is 52.4 Å². The lowest BCUT2D eigenvalue weighted by molar-refractivity contribution is 0.0984. The highest BCUT2D eigenvalue weighted by atomic mass is 16.2. The van der Waals surface area contributed by atoms with E-state index in [4.69, 9.17) is 0 Å². The molecule has 1 amide bonds. The van der Waals surface area contributed by atoms with Crippen LogP contribution in [0.5, 0.6) is 0 Å². The average molecular weight is 472 g/mol. The van der Waals surface area contributed by atoms with Crippen molar-refractivity contribution in [1.29, 1.82) is 0 Å². The van der Waals surface area contributed by atoms with Crippen LogP contribution in [0.25, 0.3) is 22.6 Å². The van der Waals surface area contributed by atoms with E-state index in [1.165, 1.54) is 4.57 Å². The normalized spacial score (nSPS) is 15.5. The van der Waals surface area contributed by atoms with Crippen molar-refractivity contribution in [2.75, 3.05) is 4.90 Å². The van der Waals surface area contributed by atoms with Gasteiger partial charge in [-0.25, -0.2) is 14.8 Å². The number of rotatable bonds is 7. The fourth-order valence-corrected chi connectivity index (χ4v) is 4.44. The van der Waals surface area contributed by atoms with Crippen molar-refractivity contribution in [3.05, 3.63) is 69.3 Å². The van der Waals surface area contributed by atoms with Crippen LogP contribution in [-0.2, 0) is 6.54 Å². The molecule has 2 aliphatic carbocycles. The molecule has 0 radical (unpaired) electrons. The summed E-state index contributed by atoms with van der Waals surface area (Å²) in [4.78, 5) is 57.3. The van der Waals surface area contributed by atoms with E-state index in [-0.39, 0.29) is 29.2 Å². The number of pyridine rings is 2. The van der Waals surface area contributed by atoms with Gasteiger partial charge in [0.2, 0.25) is 0 Å². The number of hydrogen-bond acceptors (Lipinski definition) is 6. The van der Waals surface area contributed by atoms with E-state index < -0.39 is 0 Å². The molecule has 4 heterocycles. The molecule has 4 aromatic rings. The zero-order chi connectivity index (χ0) is 24.1. The summed E-state index contributed by atoms with van der Waals surface area (Å²) in [6.45, 7) is 2.47. The third-order valence-corrected chi connectivity index (χ3v) is 6.48. The predicted octanol–water partition coefficient (Wildman–Crippen LogP) is 2.90. The molecule has 2 fully saturated rings. The molecule has 0 aliphatic heterocycles. The molecule has 0 unspecified atom stereocenters. The summed E-state index contributed by atoms with van der Waals surface area (Å²) in [5, 5.41) is 0. The molecule has 10 nitrogen and oxygen atoms in total. The average Bonchev–Trinajstić information content (AvgIpc) is 3.82. The molecule has 0 atom stereocenters. The van der Waals surface area contributed by atoms with Crippen LogP contribution < -0.4 is 16.1 Å². The van der Waals surface area contributed by atoms with Crippen LogP contribution in [0.1, 0.15) is 55.4 Å². The highest BCUT2D eigenvalue weighted by Crippen LogP contribution is 2.34. The maximum atomic E-state index is 13.1. The SMILES string of the molecule is CCCn1c(=O)n(C2CC2)c(=O)c2[nH]c(-c3ccc(N(C(=O)c4cccnc4)C4CC4)nc3)nc21. The van der Waals surface area contributed by atoms with Crippen LogP contribution in [-0.4, -0.2) is 41.0 Å². The van der Waals surface area contributed by atoms with Crippen molar-refractivity contribution in [3.8, 4) is 11.4 Å². The van der Waals surface area contributed by atoms with E-state index in [2.05, 4.69) is 19.9 Å². The second kappa shape index (κ2) is 8.30. The Bertz CT molecular complexity index is 1530. The number of fused-ring (bicyclic) bond motifs is 1. The van der Waals surface area contributed by atoms with E-state index in [1.54, 1.807) is 46.3 Å². The Labute approximate surface area is 200 Å². The highest BCUT2D eigenvalue weighted by Gasteiger charge is 2.35. The van der Waals surface area contributed by atoms with Gasteiger partial charge in [0.1, 0.15) is 17.2 Å². The maximum absolute atomic E-state index is 13.1. The molecule has 2 saturated carbocycles. The van der Waals surface area contributed by atoms with Crippen molar-refractivity contribution in [3.63, 3.8) is 0 Å². The minimum Gasteiger partial charge on any atom is -0.332 e. The molecular weight excluding hydrogens is 446 g/mol. The largest absolute Gasteiger partial charge is 0.333 e. The summed E-state index contributed by atoms with van der Waals surface area (Å²) < 4.78 is 2.94. The molecule has 0 saturated heterocycles. The molecule has 4 aromatic heterocycles. The summed E-state index contributed by atoms with van der Waals surface area (Å²) in [6.07, 6.45) is 9.13. The Hall–Kier alpha value is -4.08. The first-order valence-corrected chi connectivity index (χ1v) is 12.0. The first-order chi connectivity index (χ1) is 17.1. The zero-order valence-electron chi connectivity index (χ0n) is 19.3. The summed E-state index contributed by atoms with van der Waals surface area (Å²) in [7, 11) is 0. The second-order valence-electron chi connectivity index (χ2n) is 9.18. The number of imidazole rings is 1. The van der Waals surface area contributed by atoms with Gasteiger partial charge in [0.15, 0.2) is 5.65 Å². The molecule has 1 N–H and O–H groups in total. The summed E-state index contributed by atoms with van der Waals surface area (Å²) in [6, 6.07) is 7.20. The summed E-state index contributed by atoms with van der Waals surface area (Å²) in [5.41, 5.74) is 1.25. The van der Waals surface area contributed by atoms with E-state index in [0.717, 1.165) is 32.1 Å². The van der Waals surface area contributed by atoms with Crippen molar-refractivity contribution in [2.45, 2.75) is 57.7 Å². The van der Waals surface area contributed by atoms with Crippen LogP contribution in [0.4, 0.5) is 5.82 Å². The molecule has 2 aliphatic rings. The number of anilines is 1. The van der Waals surface area contributed by atoms with Crippen LogP contribution in [0.2, 0.25) is 0 Å². The van der Waals surface area contributed by atoms with Gasteiger partial charge in [-0.15, -0.1) is 0 Å². The number of carbonyl (C=O) groups is 1. The number of H-pyrrole nitrogens is 1. The summed E-state index contributed by atoms with van der Waals surface area (Å²) >= 11 is 0. The summed E-state index contributed by atoms with van der Waals surface area (Å²) in [5.74, 6) is 0.888. The van der Waals surface area contributed by atoms with E-state index in [9.17, 15) is 14.4 Å². The van der Waals surface area contributed by atoms with Gasteiger partial charge in [0, 0.05) is 42.8 Å². The van der Waals surface area contributed by atoms with Gasteiger partial charge in [-0.2, -0.15) is 0 Å². The number of carbonyl (C=O) groups excluding carboxylic acids is 1. The van der Waals surface area contributed by atoms with Gasteiger partial charge in [-0.05, 0) is 56.4 Å². The van der Waals surface area contributed by atoms with Crippen molar-refractivity contribution in [2.24, 2.45) is 0 Å². The number of nitrogens with zero attached hydrogens (tertiary/aromatic N) is 6. The van der Waals surface area contributed by atoms with Crippen molar-refractivity contribution in [1.82, 2.24) is 29.1 Å². The number of hydrogen-bond donors (Lipinski definition) is 1. The fourth-order valence-electron chi connectivity index (χ4n) is 4.44. The Balaban J connectivity index is 1.38. The van der Waals surface area contributed by atoms with Crippen molar-refractivity contribution >= 4 is 22.9 Å². The van der Waals surface area contributed by atoms with Crippen LogP contribution >= 0.6 is 0 Å². The number of aryl methyl sites for hydroxylation is 1. The molecule has 35 heavy (non-hydrogen) atoms. The molecule has 0 aromatic carbocycles. The molecule has 0 spiro atoms. The van der Waals surface area contributed by atoms with E-state index in [0.29, 0.717) is 40.5 Å². The standard InChI is InChI=1S/C25H25N7O3/c1-2-12-30-22-20(24(34)32(25(30)35)18-8-9-18)28-21(29-22)15-5-10-19(27-14-15)31(17-6-7-17)23(33)16-4-3-11-26-13-16/h3-5,10-11,13-14,17-18H,2,6-9,12H2,1H3,(H,28,29). The lowest BCUT2D eigenvalue weighted by atomic mass is 10.2. The van der Waals surface area contributed by atoms with Gasteiger partial charge >= 0.3 is 5.69 Å². The lowest BCUT2D eigenvalue weighted by Gasteiger charge is -2.21. The van der Waals surface area contributed by atoms with Crippen LogP contribution in [0, 0.1) is 0 Å². The minimum absolute atomic E-state index is 0.0269. The monoisotopic (exact) mass is 471 g/mol. The topological polar surface area (TPSA) is 119 Å². The van der Waals surface area contributed by atoms with E-state index in [1.807, 2.05) is 13.0 Å². The number of aromatic nitrogens is 6. The van der Waals surface area contributed by atoms with Gasteiger partial charge in [0.25, 0.3) is 11.5 Å². The quantitative estimate of drug-likeness (QED) is 0.443. The minimum atomic E-state index is -0.329. The van der Waals surface area contributed by atoms with Crippen LogP contribution in [0.3, 0.4) is 0 Å². The third-order valence-electron chi connectivity index (χ3n) is 6.48. The van der Waals surface area contributed by atoms with E-state index >= 15 is 0 Å². The van der Waals surface area contributed by atoms with Crippen molar-refractivity contribution < 1.29 is 4.79 Å². The molecule has 6 rings (SSSR count). The smallest absolute Gasteiger partial charge is 0.332 e. The fraction of sp³-hybridized carbons (Fsp3) is 0.360. The Morgan fingerprint density at radius 1 is 1.14 bits per heavy atom. The van der Waals surface area contributed by atoms with Gasteiger partial charge in [0.05, 0.1) is 5.56 Å². The molecular formula is C25H25N7O3. The molecule has 178 valence electrons. The lowest BCUT2D eigenvalue weighted by Crippen LogP contribution is -2.39. The second-order valence-corrected chi connectivity index (χ2v) is 9.18. The van der Waals surface area contributed by atoms with Gasteiger partial charge in [-0.3, -0.25) is 28.6 Å².